The number of morpholine rings is 1. The molecule has 0 bridgehead atoms. The van der Waals surface area contributed by atoms with Gasteiger partial charge in [-0.1, -0.05) is 47.5 Å². The summed E-state index contributed by atoms with van der Waals surface area (Å²) in [4.78, 5) is 27.5. The standard InChI is InChI=1S/C28H32Cl2N2O6S/c1-17-4-3-13-31(17)39(36,37)16-23(18-7-8-18)32-26(19-9-11-21(29)12-10-19)27(20-5-2-6-22(30)14-20)38-24(28(32)35)15-25(33)34/h2,5-6,9-12,14,17-18,23-24,26-27H,3-4,7-8,13,15-16H2,1H3,(H,33,34)/t17-,23+,24+,26+,27+/m0/s1. The van der Waals surface area contributed by atoms with Crippen molar-refractivity contribution in [3.05, 3.63) is 69.7 Å². The Morgan fingerprint density at radius 3 is 2.38 bits per heavy atom. The number of hydrogen-bond donors (Lipinski definition) is 1. The Balaban J connectivity index is 1.63. The SMILES string of the molecule is C[C@H]1CCCN1S(=O)(=O)C[C@H](C1CC1)N1C(=O)[C@@H](CC(=O)O)O[C@H](c2cccc(Cl)c2)[C@H]1c1ccc(Cl)cc1. The highest BCUT2D eigenvalue weighted by Crippen LogP contribution is 2.48. The van der Waals surface area contributed by atoms with E-state index in [-0.39, 0.29) is 17.7 Å². The molecule has 2 aliphatic heterocycles. The van der Waals surface area contributed by atoms with E-state index in [1.54, 1.807) is 51.7 Å². The van der Waals surface area contributed by atoms with E-state index in [0.717, 1.165) is 25.7 Å². The van der Waals surface area contributed by atoms with Gasteiger partial charge in [0.15, 0.2) is 0 Å². The summed E-state index contributed by atoms with van der Waals surface area (Å²) in [6.07, 6.45) is 0.599. The van der Waals surface area contributed by atoms with Gasteiger partial charge in [-0.15, -0.1) is 0 Å². The second kappa shape index (κ2) is 11.4. The molecule has 2 saturated heterocycles. The lowest BCUT2D eigenvalue weighted by Gasteiger charge is -2.48. The zero-order valence-electron chi connectivity index (χ0n) is 21.6. The molecule has 210 valence electrons. The molecule has 0 aromatic heterocycles. The maximum atomic E-state index is 14.1. The van der Waals surface area contributed by atoms with Crippen LogP contribution in [0, 0.1) is 5.92 Å². The Morgan fingerprint density at radius 2 is 1.79 bits per heavy atom. The summed E-state index contributed by atoms with van der Waals surface area (Å²) >= 11 is 12.5. The molecule has 0 unspecified atom stereocenters. The van der Waals surface area contributed by atoms with Crippen LogP contribution < -0.4 is 0 Å². The van der Waals surface area contributed by atoms with Crippen molar-refractivity contribution in [3.8, 4) is 0 Å². The summed E-state index contributed by atoms with van der Waals surface area (Å²) in [6, 6.07) is 12.6. The van der Waals surface area contributed by atoms with E-state index in [1.807, 2.05) is 13.0 Å². The zero-order chi connectivity index (χ0) is 27.9. The van der Waals surface area contributed by atoms with Gasteiger partial charge in [0.05, 0.1) is 24.3 Å². The van der Waals surface area contributed by atoms with Gasteiger partial charge >= 0.3 is 5.97 Å². The molecule has 2 heterocycles. The predicted molar refractivity (Wildman–Crippen MR) is 148 cm³/mol. The fourth-order valence-electron chi connectivity index (χ4n) is 5.92. The molecule has 5 atom stereocenters. The van der Waals surface area contributed by atoms with Gasteiger partial charge in [-0.3, -0.25) is 9.59 Å². The highest BCUT2D eigenvalue weighted by Gasteiger charge is 2.52. The zero-order valence-corrected chi connectivity index (χ0v) is 23.9. The number of hydrogen-bond acceptors (Lipinski definition) is 5. The largest absolute Gasteiger partial charge is 0.481 e. The van der Waals surface area contributed by atoms with E-state index in [0.29, 0.717) is 27.7 Å². The van der Waals surface area contributed by atoms with Crippen LogP contribution >= 0.6 is 23.2 Å². The quantitative estimate of drug-likeness (QED) is 0.434. The van der Waals surface area contributed by atoms with Crippen LogP contribution in [0.1, 0.15) is 62.3 Å². The molecule has 0 spiro atoms. The van der Waals surface area contributed by atoms with Crippen LogP contribution in [0.25, 0.3) is 0 Å². The number of sulfonamides is 1. The van der Waals surface area contributed by atoms with Crippen molar-refractivity contribution in [2.24, 2.45) is 5.92 Å². The average molecular weight is 596 g/mol. The minimum Gasteiger partial charge on any atom is -0.481 e. The molecule has 8 nitrogen and oxygen atoms in total. The maximum absolute atomic E-state index is 14.1. The van der Waals surface area contributed by atoms with Crippen LogP contribution in [0.5, 0.6) is 0 Å². The Labute approximate surface area is 238 Å². The van der Waals surface area contributed by atoms with Crippen molar-refractivity contribution in [1.29, 1.82) is 0 Å². The van der Waals surface area contributed by atoms with E-state index in [1.165, 1.54) is 0 Å². The Morgan fingerprint density at radius 1 is 1.08 bits per heavy atom. The van der Waals surface area contributed by atoms with Gasteiger partial charge in [0.2, 0.25) is 10.0 Å². The number of carbonyl (C=O) groups excluding carboxylic acids is 1. The van der Waals surface area contributed by atoms with E-state index < -0.39 is 52.6 Å². The van der Waals surface area contributed by atoms with Gasteiger partial charge in [0.25, 0.3) is 5.91 Å². The summed E-state index contributed by atoms with van der Waals surface area (Å²) in [7, 11) is -3.69. The minimum atomic E-state index is -3.69. The molecule has 0 radical (unpaired) electrons. The fraction of sp³-hybridized carbons (Fsp3) is 0.500. The third-order valence-electron chi connectivity index (χ3n) is 7.93. The molecule has 5 rings (SSSR count). The van der Waals surface area contributed by atoms with Gasteiger partial charge in [-0.25, -0.2) is 8.42 Å². The number of carbonyl (C=O) groups is 2. The second-order valence-electron chi connectivity index (χ2n) is 10.7. The summed E-state index contributed by atoms with van der Waals surface area (Å²) < 4.78 is 35.2. The van der Waals surface area contributed by atoms with Crippen molar-refractivity contribution in [2.75, 3.05) is 12.3 Å². The van der Waals surface area contributed by atoms with Gasteiger partial charge in [0, 0.05) is 22.6 Å². The van der Waals surface area contributed by atoms with Crippen molar-refractivity contribution < 1.29 is 27.9 Å². The lowest BCUT2D eigenvalue weighted by molar-refractivity contribution is -0.183. The molecule has 1 amide bonds. The van der Waals surface area contributed by atoms with E-state index >= 15 is 0 Å². The first-order chi connectivity index (χ1) is 18.5. The number of ether oxygens (including phenoxy) is 1. The summed E-state index contributed by atoms with van der Waals surface area (Å²) in [6.45, 7) is 2.37. The highest BCUT2D eigenvalue weighted by atomic mass is 35.5. The van der Waals surface area contributed by atoms with Crippen LogP contribution in [0.4, 0.5) is 0 Å². The van der Waals surface area contributed by atoms with Crippen LogP contribution in [0.3, 0.4) is 0 Å². The monoisotopic (exact) mass is 594 g/mol. The molecule has 3 aliphatic rings. The molecule has 1 N–H and O–H groups in total. The molecule has 1 aliphatic carbocycles. The normalized spacial score (nSPS) is 27.1. The Bertz CT molecular complexity index is 1330. The molecular formula is C28H32Cl2N2O6S. The predicted octanol–water partition coefficient (Wildman–Crippen LogP) is 5.07. The van der Waals surface area contributed by atoms with E-state index in [2.05, 4.69) is 0 Å². The van der Waals surface area contributed by atoms with Gasteiger partial charge in [-0.2, -0.15) is 4.31 Å². The van der Waals surface area contributed by atoms with Crippen LogP contribution in [0.2, 0.25) is 10.0 Å². The first kappa shape index (κ1) is 28.4. The third kappa shape index (κ3) is 6.12. The molecule has 1 saturated carbocycles. The smallest absolute Gasteiger partial charge is 0.306 e. The molecule has 39 heavy (non-hydrogen) atoms. The van der Waals surface area contributed by atoms with E-state index in [4.69, 9.17) is 27.9 Å². The van der Waals surface area contributed by atoms with Crippen molar-refractivity contribution >= 4 is 45.1 Å². The van der Waals surface area contributed by atoms with Gasteiger partial charge in [-0.05, 0) is 73.9 Å². The maximum Gasteiger partial charge on any atom is 0.306 e. The second-order valence-corrected chi connectivity index (χ2v) is 13.6. The summed E-state index contributed by atoms with van der Waals surface area (Å²) in [5.41, 5.74) is 1.38. The average Bonchev–Trinajstić information content (AvgIpc) is 3.63. The van der Waals surface area contributed by atoms with Gasteiger partial charge in [0.1, 0.15) is 12.2 Å². The number of benzene rings is 2. The van der Waals surface area contributed by atoms with E-state index in [9.17, 15) is 23.1 Å². The third-order valence-corrected chi connectivity index (χ3v) is 10.4. The lowest BCUT2D eigenvalue weighted by atomic mass is 9.89. The van der Waals surface area contributed by atoms with Crippen LogP contribution in [-0.4, -0.2) is 65.1 Å². The minimum absolute atomic E-state index is 0.0139. The lowest BCUT2D eigenvalue weighted by Crippen LogP contribution is -2.58. The Hall–Kier alpha value is -2.17. The number of aliphatic carboxylic acids is 1. The number of carboxylic acid groups (broad SMARTS) is 1. The first-order valence-electron chi connectivity index (χ1n) is 13.2. The first-order valence-corrected chi connectivity index (χ1v) is 15.6. The molecule has 2 aromatic carbocycles. The van der Waals surface area contributed by atoms with Crippen molar-refractivity contribution in [3.63, 3.8) is 0 Å². The summed E-state index contributed by atoms with van der Waals surface area (Å²) in [5, 5.41) is 10.6. The topological polar surface area (TPSA) is 104 Å². The molecule has 3 fully saturated rings. The van der Waals surface area contributed by atoms with Crippen molar-refractivity contribution in [2.45, 2.75) is 69.4 Å². The number of halogens is 2. The molecule has 11 heteroatoms. The number of amides is 1. The number of nitrogens with zero attached hydrogens (tertiary/aromatic N) is 2. The van der Waals surface area contributed by atoms with Crippen LogP contribution in [0.15, 0.2) is 48.5 Å². The number of carboxylic acids is 1. The number of rotatable bonds is 9. The van der Waals surface area contributed by atoms with Crippen molar-refractivity contribution in [1.82, 2.24) is 9.21 Å². The Kier molecular flexibility index (Phi) is 8.27. The molecular weight excluding hydrogens is 563 g/mol. The van der Waals surface area contributed by atoms with Gasteiger partial charge < -0.3 is 14.7 Å². The van der Waals surface area contributed by atoms with Crippen LogP contribution in [-0.2, 0) is 24.3 Å². The highest BCUT2D eigenvalue weighted by molar-refractivity contribution is 7.89. The summed E-state index contributed by atoms with van der Waals surface area (Å²) in [5.74, 6) is -1.93. The fourth-order valence-corrected chi connectivity index (χ4v) is 8.36. The molecule has 2 aromatic rings.